The van der Waals surface area contributed by atoms with Crippen LogP contribution in [-0.2, 0) is 83.4 Å². The first-order valence-corrected chi connectivity index (χ1v) is 89.0. The molecule has 34 atom stereocenters. The van der Waals surface area contributed by atoms with E-state index in [9.17, 15) is 0 Å². The first-order valence-electron chi connectivity index (χ1n) is 52.2. The second-order valence-electron chi connectivity index (χ2n) is 46.5. The standard InChI is InChI=1S/C33H46Si.C32H44Si.C28H36Si.C27H34Si.8CH3.8ClH.4Zr/c1-7-8-11-20-34(6,31-19-15-24-12-9-10-13-26(24)31)32-29-21-23(2)14-17-27(29)28-18-16-25(22-30(28)32)33(3,4)5;1-7-8-19-33(6,30-18-14-23-11-9-10-12-25(23)30)31-28-20-22(2)13-16-26(28)27-17-15-24(21-29(27)31)32(3,4)5;1-3-4-11-20-29(2,27-19-18-21-12-5-6-13-22(21)27)28-25-16-9-7-14-23(25)24-15-8-10-17-26(24)28;1-3-4-19-28(2,26-18-17-20-11-5-6-12-21(20)26)27-24-15-9-7-13-22(24)23-14-8-10-16-25(23)27;;;;;;;;;;;;;;;;;;;;/h7,9-10,12-14,16-18,21-22,24,26-32H,1,8,11,15,19-20H2,2-6H3;7,9-13,15-17,20-21,23,25-31H,1,8,14,18-19H2,2-6H3;3,5-10,12-17,21-28H,1,4,11,18-20H2,2H3;3,5-16,20-27H,1,4,17-19H2,2H3;8*1H3;8*1H;;;;/q;;;;8*-1;;;;;;;;;4*+4/p-8. The van der Waals surface area contributed by atoms with Crippen molar-refractivity contribution in [3.8, 4) is 0 Å². The summed E-state index contributed by atoms with van der Waals surface area (Å²) in [6.07, 6.45) is 137. The van der Waals surface area contributed by atoms with Crippen molar-refractivity contribution in [3.63, 3.8) is 0 Å². The van der Waals surface area contributed by atoms with Crippen molar-refractivity contribution in [3.05, 3.63) is 400 Å². The number of rotatable bonds is 22. The molecule has 0 aliphatic heterocycles. The number of unbranched alkanes of at least 4 members (excludes halogenated alkanes) is 2. The van der Waals surface area contributed by atoms with Gasteiger partial charge in [0.05, 0.1) is 32.3 Å². The SMILES string of the molecule is C=CCCC[Si](C)(C1CCC2C=CC=CC21)C1C2C=C(C)C=CC2C2C=CC(C(C)(C)C)=CC21.C=CCCC[Si](C)(C1CCC2C=CC=CC21)C1C2C=CC=CC2C2C=CC=CC21.C=CCC[Si](C)(C1CCC2C=CC=CC21)C1C2C=C(C)C=CC2C2C=CC(C(C)(C)C)=CC21.C=CCC[Si](C)(C1CCC2C=CC=CC21)C1C2C=CC=CC2C2C=CC=CC21.[CH3-].[CH3-].[CH3-].[CH3-].[CH3-].[CH3-].[CH3-].[CH3-].[Cl][Zr+2][Cl].[Cl][Zr+2][Cl].[Cl][Zr+2][Cl].[Cl][Zr+2][Cl]. The molecule has 0 radical (unpaired) electrons. The van der Waals surface area contributed by atoms with Gasteiger partial charge >= 0.3 is 151 Å². The molecule has 144 heavy (non-hydrogen) atoms. The van der Waals surface area contributed by atoms with Crippen molar-refractivity contribution in [2.45, 2.75) is 240 Å². The van der Waals surface area contributed by atoms with Gasteiger partial charge in [-0.25, -0.2) is 0 Å². The van der Waals surface area contributed by atoms with E-state index in [-0.39, 0.29) is 70.2 Å². The maximum absolute atomic E-state index is 4.93. The molecule has 8 saturated carbocycles. The second-order valence-corrected chi connectivity index (χ2v) is 81.1. The predicted octanol–water partition coefficient (Wildman–Crippen LogP) is 42.6. The van der Waals surface area contributed by atoms with Gasteiger partial charge < -0.3 is 59.4 Å². The van der Waals surface area contributed by atoms with Gasteiger partial charge in [-0.15, -0.1) is 26.3 Å². The summed E-state index contributed by atoms with van der Waals surface area (Å²) in [6.45, 7) is 46.7. The third-order valence-electron chi connectivity index (χ3n) is 38.1. The van der Waals surface area contributed by atoms with E-state index >= 15 is 0 Å². The summed E-state index contributed by atoms with van der Waals surface area (Å²) in [5.41, 5.74) is 13.5. The quantitative estimate of drug-likeness (QED) is 0.0439. The van der Waals surface area contributed by atoms with Gasteiger partial charge in [0, 0.05) is 0 Å². The van der Waals surface area contributed by atoms with Crippen LogP contribution in [0.1, 0.15) is 145 Å². The van der Waals surface area contributed by atoms with Crippen molar-refractivity contribution in [1.82, 2.24) is 0 Å². The summed E-state index contributed by atoms with van der Waals surface area (Å²) in [6, 6.07) is 5.74. The van der Waals surface area contributed by atoms with Crippen molar-refractivity contribution in [1.29, 1.82) is 0 Å². The van der Waals surface area contributed by atoms with Crippen molar-refractivity contribution in [2.75, 3.05) is 0 Å². The molecule has 34 unspecified atom stereocenters. The van der Waals surface area contributed by atoms with Crippen LogP contribution in [0.5, 0.6) is 0 Å². The van der Waals surface area contributed by atoms with Crippen LogP contribution in [0.3, 0.4) is 0 Å². The van der Waals surface area contributed by atoms with E-state index in [1.54, 1.807) is 11.1 Å². The molecule has 0 bridgehead atoms. The van der Waals surface area contributed by atoms with Crippen LogP contribution in [0, 0.1) is 212 Å². The molecule has 0 aromatic rings. The van der Waals surface area contributed by atoms with Crippen LogP contribution in [-0.4, -0.2) is 32.3 Å². The Hall–Kier alpha value is -0.560. The van der Waals surface area contributed by atoms with Gasteiger partial charge in [-0.3, -0.25) is 0 Å². The molecule has 20 aliphatic carbocycles. The van der Waals surface area contributed by atoms with Crippen LogP contribution in [0.15, 0.2) is 340 Å². The summed E-state index contributed by atoms with van der Waals surface area (Å²) >= 11 is -3.30. The Morgan fingerprint density at radius 1 is 0.250 bits per heavy atom. The predicted molar refractivity (Wildman–Crippen MR) is 648 cm³/mol. The molecule has 16 heteroatoms. The van der Waals surface area contributed by atoms with E-state index in [1.807, 2.05) is 0 Å². The zero-order valence-electron chi connectivity index (χ0n) is 91.8. The Morgan fingerprint density at radius 3 is 0.667 bits per heavy atom. The molecule has 0 spiro atoms. The first kappa shape index (κ1) is 134. The Morgan fingerprint density at radius 2 is 0.438 bits per heavy atom. The van der Waals surface area contributed by atoms with Gasteiger partial charge in [-0.05, 0) is 274 Å². The normalized spacial score (nSPS) is 36.2. The summed E-state index contributed by atoms with van der Waals surface area (Å²) in [7, 11) is 33.1. The zero-order chi connectivity index (χ0) is 97.3. The van der Waals surface area contributed by atoms with Gasteiger partial charge in [0.25, 0.3) is 0 Å². The van der Waals surface area contributed by atoms with Crippen LogP contribution in [0.4, 0.5) is 0 Å². The Balaban J connectivity index is 0.000000320. The minimum atomic E-state index is -1.66. The van der Waals surface area contributed by atoms with Crippen LogP contribution < -0.4 is 0 Å². The first-order chi connectivity index (χ1) is 65.6. The molecule has 0 amide bonds. The third-order valence-corrected chi connectivity index (χ3v) is 62.3. The minimum absolute atomic E-state index is 0. The summed E-state index contributed by atoms with van der Waals surface area (Å²) in [5.74, 6) is 17.5. The molecular formula is C128H184Cl8Si4Zr4. The van der Waals surface area contributed by atoms with Gasteiger partial charge in [0.1, 0.15) is 0 Å². The van der Waals surface area contributed by atoms with Gasteiger partial charge in [-0.1, -0.05) is 433 Å². The van der Waals surface area contributed by atoms with E-state index < -0.39 is 116 Å². The number of hydrogen-bond acceptors (Lipinski definition) is 0. The number of hydrogen-bond donors (Lipinski definition) is 0. The molecule has 20 aliphatic rings. The van der Waals surface area contributed by atoms with Crippen molar-refractivity contribution >= 4 is 100 Å². The summed E-state index contributed by atoms with van der Waals surface area (Å²) < 4.78 is 0. The van der Waals surface area contributed by atoms with Crippen LogP contribution in [0.25, 0.3) is 0 Å². The molecular weight excluding hydrogens is 2300 g/mol. The molecule has 0 heterocycles. The Bertz CT molecular complexity index is 4790. The van der Waals surface area contributed by atoms with E-state index in [2.05, 4.69) is 400 Å². The number of fused-ring (bicyclic) bond motifs is 16. The average molecular weight is 2480 g/mol. The van der Waals surface area contributed by atoms with Crippen LogP contribution in [0.2, 0.25) is 94.7 Å². The molecule has 20 rings (SSSR count). The zero-order valence-corrected chi connectivity index (χ0v) is 112. The summed E-state index contributed by atoms with van der Waals surface area (Å²) in [4.78, 5) is 0. The van der Waals surface area contributed by atoms with Gasteiger partial charge in [0.15, 0.2) is 0 Å². The van der Waals surface area contributed by atoms with Gasteiger partial charge in [-0.2, -0.15) is 0 Å². The van der Waals surface area contributed by atoms with E-state index in [0.29, 0.717) is 71.0 Å². The second kappa shape index (κ2) is 62.5. The molecule has 0 nitrogen and oxygen atoms in total. The van der Waals surface area contributed by atoms with Crippen LogP contribution >= 0.6 is 68.1 Å². The fourth-order valence-electron chi connectivity index (χ4n) is 32.5. The Labute approximate surface area is 964 Å². The van der Waals surface area contributed by atoms with Crippen molar-refractivity contribution in [2.24, 2.45) is 153 Å². The topological polar surface area (TPSA) is 0 Å². The average Bonchev–Trinajstić information content (AvgIpc) is 1.57. The molecule has 784 valence electrons. The van der Waals surface area contributed by atoms with Crippen molar-refractivity contribution < 1.29 is 83.4 Å². The number of allylic oxidation sites excluding steroid dienone is 52. The van der Waals surface area contributed by atoms with E-state index in [0.717, 1.165) is 115 Å². The Kier molecular flexibility index (Phi) is 58.2. The fraction of sp³-hybridized carbons (Fsp3) is 0.500. The molecule has 0 aromatic heterocycles. The van der Waals surface area contributed by atoms with Gasteiger partial charge in [0.2, 0.25) is 0 Å². The molecule has 0 saturated heterocycles. The fourth-order valence-corrected chi connectivity index (χ4v) is 58.8. The monoisotopic (exact) mass is 2470 g/mol. The maximum atomic E-state index is 4.93. The molecule has 0 aromatic carbocycles. The summed E-state index contributed by atoms with van der Waals surface area (Å²) in [5, 5.41) is 0. The molecule has 8 fully saturated rings. The molecule has 0 N–H and O–H groups in total. The van der Waals surface area contributed by atoms with E-state index in [4.69, 9.17) is 68.1 Å². The third kappa shape index (κ3) is 29.9. The number of halogens is 8. The van der Waals surface area contributed by atoms with E-state index in [1.165, 1.54) is 125 Å².